The van der Waals surface area contributed by atoms with Crippen LogP contribution in [-0.4, -0.2) is 19.6 Å². The van der Waals surface area contributed by atoms with Crippen LogP contribution < -0.4 is 5.56 Å². The van der Waals surface area contributed by atoms with E-state index < -0.39 is 0 Å². The standard InChI is InChI=1S/C23H16FN3O3S/c24-13-6-7-15(17(8-13)12-4-5-12)21-26-22-19(16-2-1-3-18(28)20(16)31-22)23(29)27(21)10-14-9-25-11-30-14/h1-3,6-9,11-12,28H,4-5,10H2. The minimum Gasteiger partial charge on any atom is -0.506 e. The van der Waals surface area contributed by atoms with E-state index in [1.54, 1.807) is 35.0 Å². The fourth-order valence-electron chi connectivity index (χ4n) is 4.06. The van der Waals surface area contributed by atoms with Crippen molar-refractivity contribution >= 4 is 31.6 Å². The van der Waals surface area contributed by atoms with Crippen LogP contribution in [0.25, 0.3) is 31.7 Å². The molecule has 0 unspecified atom stereocenters. The number of benzene rings is 2. The largest absolute Gasteiger partial charge is 0.506 e. The van der Waals surface area contributed by atoms with Crippen LogP contribution in [0.5, 0.6) is 5.75 Å². The van der Waals surface area contributed by atoms with E-state index in [-0.39, 0.29) is 29.6 Å². The Balaban J connectivity index is 1.69. The van der Waals surface area contributed by atoms with Crippen LogP contribution in [0.4, 0.5) is 4.39 Å². The van der Waals surface area contributed by atoms with E-state index in [2.05, 4.69) is 4.98 Å². The molecule has 0 saturated heterocycles. The zero-order chi connectivity index (χ0) is 21.1. The van der Waals surface area contributed by atoms with Crippen molar-refractivity contribution in [2.45, 2.75) is 25.3 Å². The molecule has 2 aromatic carbocycles. The number of phenols is 1. The van der Waals surface area contributed by atoms with Crippen molar-refractivity contribution in [1.29, 1.82) is 0 Å². The van der Waals surface area contributed by atoms with E-state index in [1.807, 2.05) is 6.07 Å². The van der Waals surface area contributed by atoms with Gasteiger partial charge < -0.3 is 9.52 Å². The van der Waals surface area contributed by atoms with Crippen molar-refractivity contribution in [2.24, 2.45) is 0 Å². The first-order valence-electron chi connectivity index (χ1n) is 9.92. The number of hydrogen-bond donors (Lipinski definition) is 1. The summed E-state index contributed by atoms with van der Waals surface area (Å²) in [6.45, 7) is 0.148. The average molecular weight is 433 g/mol. The van der Waals surface area contributed by atoms with Crippen LogP contribution in [-0.2, 0) is 6.54 Å². The van der Waals surface area contributed by atoms with Crippen molar-refractivity contribution in [3.05, 3.63) is 76.5 Å². The molecule has 1 N–H and O–H groups in total. The van der Waals surface area contributed by atoms with E-state index in [0.717, 1.165) is 24.0 Å². The Morgan fingerprint density at radius 1 is 1.26 bits per heavy atom. The molecule has 1 aliphatic rings. The minimum atomic E-state index is -0.303. The average Bonchev–Trinajstić information content (AvgIpc) is 3.34. The molecule has 0 bridgehead atoms. The first-order chi connectivity index (χ1) is 15.1. The Morgan fingerprint density at radius 3 is 2.90 bits per heavy atom. The summed E-state index contributed by atoms with van der Waals surface area (Å²) in [4.78, 5) is 23.0. The van der Waals surface area contributed by atoms with Gasteiger partial charge in [-0.15, -0.1) is 11.3 Å². The summed E-state index contributed by atoms with van der Waals surface area (Å²) in [7, 11) is 0. The van der Waals surface area contributed by atoms with Crippen LogP contribution in [0.15, 0.2) is 58.2 Å². The molecule has 0 aliphatic heterocycles. The Hall–Kier alpha value is -3.52. The van der Waals surface area contributed by atoms with Crippen molar-refractivity contribution < 1.29 is 13.9 Å². The van der Waals surface area contributed by atoms with Crippen molar-refractivity contribution in [3.63, 3.8) is 0 Å². The summed E-state index contributed by atoms with van der Waals surface area (Å²) in [5.74, 6) is 1.05. The molecule has 8 heteroatoms. The van der Waals surface area contributed by atoms with Gasteiger partial charge in [-0.3, -0.25) is 9.36 Å². The smallest absolute Gasteiger partial charge is 0.263 e. The zero-order valence-corrected chi connectivity index (χ0v) is 17.0. The molecule has 5 aromatic rings. The molecule has 31 heavy (non-hydrogen) atoms. The highest BCUT2D eigenvalue weighted by atomic mass is 32.1. The maximum absolute atomic E-state index is 14.0. The van der Waals surface area contributed by atoms with Gasteiger partial charge in [0.25, 0.3) is 5.56 Å². The Morgan fingerprint density at radius 2 is 2.13 bits per heavy atom. The van der Waals surface area contributed by atoms with E-state index in [9.17, 15) is 14.3 Å². The molecule has 6 rings (SSSR count). The first kappa shape index (κ1) is 18.3. The van der Waals surface area contributed by atoms with Crippen LogP contribution in [0.1, 0.15) is 30.1 Å². The van der Waals surface area contributed by atoms with Crippen LogP contribution in [0, 0.1) is 5.82 Å². The van der Waals surface area contributed by atoms with Gasteiger partial charge in [0.2, 0.25) is 0 Å². The van der Waals surface area contributed by atoms with Crippen molar-refractivity contribution in [1.82, 2.24) is 14.5 Å². The van der Waals surface area contributed by atoms with Gasteiger partial charge in [-0.05, 0) is 48.6 Å². The first-order valence-corrected chi connectivity index (χ1v) is 10.7. The molecule has 6 nitrogen and oxygen atoms in total. The molecule has 0 radical (unpaired) electrons. The number of hydrogen-bond acceptors (Lipinski definition) is 6. The number of phenolic OH excluding ortho intramolecular Hbond substituents is 1. The third kappa shape index (κ3) is 2.94. The SMILES string of the molecule is O=c1c2c(nc(-c3ccc(F)cc3C3CC3)n1Cc1cnco1)sc1c(O)cccc12. The molecule has 3 aromatic heterocycles. The van der Waals surface area contributed by atoms with Gasteiger partial charge in [0, 0.05) is 10.9 Å². The Kier molecular flexibility index (Phi) is 3.97. The summed E-state index contributed by atoms with van der Waals surface area (Å²) in [5, 5.41) is 11.4. The minimum absolute atomic E-state index is 0.115. The number of halogens is 1. The maximum Gasteiger partial charge on any atom is 0.263 e. The van der Waals surface area contributed by atoms with E-state index in [1.165, 1.54) is 23.8 Å². The zero-order valence-electron chi connectivity index (χ0n) is 16.2. The number of oxazole rings is 1. The number of rotatable bonds is 4. The number of nitrogens with zero attached hydrogens (tertiary/aromatic N) is 3. The fraction of sp³-hybridized carbons (Fsp3) is 0.174. The quantitative estimate of drug-likeness (QED) is 0.430. The lowest BCUT2D eigenvalue weighted by molar-refractivity contribution is 0.482. The lowest BCUT2D eigenvalue weighted by Crippen LogP contribution is -2.24. The van der Waals surface area contributed by atoms with Gasteiger partial charge >= 0.3 is 0 Å². The normalized spacial score (nSPS) is 14.0. The second-order valence-electron chi connectivity index (χ2n) is 7.74. The van der Waals surface area contributed by atoms with Gasteiger partial charge in [-0.2, -0.15) is 0 Å². The number of aromatic nitrogens is 3. The third-order valence-electron chi connectivity index (χ3n) is 5.67. The second-order valence-corrected chi connectivity index (χ2v) is 8.74. The molecule has 3 heterocycles. The lowest BCUT2D eigenvalue weighted by Gasteiger charge is -2.15. The molecule has 154 valence electrons. The molecule has 1 saturated carbocycles. The van der Waals surface area contributed by atoms with Crippen LogP contribution in [0.2, 0.25) is 0 Å². The van der Waals surface area contributed by atoms with Gasteiger partial charge in [0.1, 0.15) is 28.0 Å². The molecular weight excluding hydrogens is 417 g/mol. The summed E-state index contributed by atoms with van der Waals surface area (Å²) in [6, 6.07) is 9.74. The van der Waals surface area contributed by atoms with E-state index in [4.69, 9.17) is 9.40 Å². The summed E-state index contributed by atoms with van der Waals surface area (Å²) >= 11 is 1.28. The number of fused-ring (bicyclic) bond motifs is 3. The molecule has 0 spiro atoms. The van der Waals surface area contributed by atoms with Crippen molar-refractivity contribution in [2.75, 3.05) is 0 Å². The summed E-state index contributed by atoms with van der Waals surface area (Å²) < 4.78 is 21.6. The van der Waals surface area contributed by atoms with Gasteiger partial charge in [0.15, 0.2) is 6.39 Å². The predicted octanol–water partition coefficient (Wildman–Crippen LogP) is 5.04. The molecule has 0 amide bonds. The highest BCUT2D eigenvalue weighted by Gasteiger charge is 2.29. The Bertz CT molecular complexity index is 1520. The topological polar surface area (TPSA) is 81.2 Å². The highest BCUT2D eigenvalue weighted by molar-refractivity contribution is 7.25. The maximum atomic E-state index is 14.0. The van der Waals surface area contributed by atoms with E-state index in [0.29, 0.717) is 31.9 Å². The number of thiophene rings is 1. The number of aromatic hydroxyl groups is 1. The lowest BCUT2D eigenvalue weighted by atomic mass is 10.0. The molecule has 1 aliphatic carbocycles. The molecule has 1 fully saturated rings. The summed E-state index contributed by atoms with van der Waals surface area (Å²) in [6.07, 6.45) is 4.85. The third-order valence-corrected chi connectivity index (χ3v) is 6.79. The molecular formula is C23H16FN3O3S. The molecule has 0 atom stereocenters. The van der Waals surface area contributed by atoms with Crippen LogP contribution in [0.3, 0.4) is 0 Å². The van der Waals surface area contributed by atoms with Gasteiger partial charge in [0.05, 0.1) is 22.8 Å². The summed E-state index contributed by atoms with van der Waals surface area (Å²) in [5.41, 5.74) is 1.37. The Labute approximate surface area is 179 Å². The monoisotopic (exact) mass is 433 g/mol. The highest BCUT2D eigenvalue weighted by Crippen LogP contribution is 2.45. The van der Waals surface area contributed by atoms with Gasteiger partial charge in [-0.25, -0.2) is 14.4 Å². The van der Waals surface area contributed by atoms with Gasteiger partial charge in [-0.1, -0.05) is 12.1 Å². The second kappa shape index (κ2) is 6.75. The van der Waals surface area contributed by atoms with Crippen molar-refractivity contribution in [3.8, 4) is 17.1 Å². The van der Waals surface area contributed by atoms with E-state index >= 15 is 0 Å². The van der Waals surface area contributed by atoms with Crippen LogP contribution >= 0.6 is 11.3 Å². The fourth-order valence-corrected chi connectivity index (χ4v) is 5.14. The predicted molar refractivity (Wildman–Crippen MR) is 116 cm³/mol.